The fourth-order valence-corrected chi connectivity index (χ4v) is 3.67. The summed E-state index contributed by atoms with van der Waals surface area (Å²) in [4.78, 5) is 22.8. The quantitative estimate of drug-likeness (QED) is 0.445. The van der Waals surface area contributed by atoms with E-state index < -0.39 is 0 Å². The van der Waals surface area contributed by atoms with Crippen LogP contribution in [0.3, 0.4) is 0 Å². The van der Waals surface area contributed by atoms with Gasteiger partial charge in [0.15, 0.2) is 5.82 Å². The van der Waals surface area contributed by atoms with Crippen molar-refractivity contribution in [1.82, 2.24) is 9.97 Å². The molecule has 0 atom stereocenters. The fourth-order valence-electron chi connectivity index (χ4n) is 2.96. The molecule has 0 aliphatic rings. The SMILES string of the molecule is Nc1ccc(-c2cnc(NC(=O)CCc3ccccc3)c(-c3cccs3)n2)cc1. The number of carbonyl (C=O) groups is 1. The lowest BCUT2D eigenvalue weighted by Gasteiger charge is -2.11. The van der Waals surface area contributed by atoms with Crippen LogP contribution < -0.4 is 11.1 Å². The van der Waals surface area contributed by atoms with Crippen LogP contribution >= 0.6 is 11.3 Å². The van der Waals surface area contributed by atoms with Crippen LogP contribution in [-0.2, 0) is 11.2 Å². The van der Waals surface area contributed by atoms with Gasteiger partial charge in [-0.25, -0.2) is 9.97 Å². The summed E-state index contributed by atoms with van der Waals surface area (Å²) in [6, 6.07) is 21.4. The van der Waals surface area contributed by atoms with Crippen molar-refractivity contribution in [2.45, 2.75) is 12.8 Å². The minimum atomic E-state index is -0.0822. The largest absolute Gasteiger partial charge is 0.399 e. The number of benzene rings is 2. The molecule has 0 radical (unpaired) electrons. The van der Waals surface area contributed by atoms with Crippen LogP contribution in [0, 0.1) is 0 Å². The predicted molar refractivity (Wildman–Crippen MR) is 119 cm³/mol. The van der Waals surface area contributed by atoms with E-state index in [0.29, 0.717) is 30.0 Å². The van der Waals surface area contributed by atoms with Crippen molar-refractivity contribution >= 4 is 28.7 Å². The second-order valence-electron chi connectivity index (χ2n) is 6.59. The summed E-state index contributed by atoms with van der Waals surface area (Å²) in [5.41, 5.74) is 9.93. The van der Waals surface area contributed by atoms with Gasteiger partial charge in [-0.05, 0) is 35.6 Å². The Balaban J connectivity index is 1.57. The maximum absolute atomic E-state index is 12.5. The Kier molecular flexibility index (Phi) is 5.63. The van der Waals surface area contributed by atoms with E-state index in [1.54, 1.807) is 17.5 Å². The lowest BCUT2D eigenvalue weighted by molar-refractivity contribution is -0.116. The Bertz CT molecular complexity index is 1090. The average molecular weight is 401 g/mol. The minimum Gasteiger partial charge on any atom is -0.399 e. The number of nitrogens with two attached hydrogens (primary N) is 1. The second kappa shape index (κ2) is 8.67. The van der Waals surface area contributed by atoms with Gasteiger partial charge >= 0.3 is 0 Å². The van der Waals surface area contributed by atoms with E-state index in [2.05, 4.69) is 10.3 Å². The highest BCUT2D eigenvalue weighted by molar-refractivity contribution is 7.13. The van der Waals surface area contributed by atoms with Crippen LogP contribution in [0.25, 0.3) is 21.8 Å². The zero-order valence-electron chi connectivity index (χ0n) is 15.7. The van der Waals surface area contributed by atoms with Crippen LogP contribution in [-0.4, -0.2) is 15.9 Å². The molecule has 0 aliphatic heterocycles. The number of rotatable bonds is 6. The predicted octanol–water partition coefficient (Wildman–Crippen LogP) is 5.03. The van der Waals surface area contributed by atoms with Crippen molar-refractivity contribution in [3.63, 3.8) is 0 Å². The number of carbonyl (C=O) groups excluding carboxylic acids is 1. The molecule has 0 bridgehead atoms. The monoisotopic (exact) mass is 400 g/mol. The van der Waals surface area contributed by atoms with Crippen LogP contribution in [0.5, 0.6) is 0 Å². The highest BCUT2D eigenvalue weighted by Gasteiger charge is 2.15. The topological polar surface area (TPSA) is 80.9 Å². The molecule has 0 unspecified atom stereocenters. The van der Waals surface area contributed by atoms with E-state index in [1.165, 1.54) is 0 Å². The summed E-state index contributed by atoms with van der Waals surface area (Å²) in [5, 5.41) is 4.91. The number of hydrogen-bond donors (Lipinski definition) is 2. The molecule has 4 rings (SSSR count). The highest BCUT2D eigenvalue weighted by atomic mass is 32.1. The van der Waals surface area contributed by atoms with Crippen molar-refractivity contribution in [2.24, 2.45) is 0 Å². The summed E-state index contributed by atoms with van der Waals surface area (Å²) < 4.78 is 0. The molecular formula is C23H20N4OS. The summed E-state index contributed by atoms with van der Waals surface area (Å²) in [6.07, 6.45) is 2.74. The third-order valence-electron chi connectivity index (χ3n) is 4.47. The van der Waals surface area contributed by atoms with Crippen LogP contribution in [0.1, 0.15) is 12.0 Å². The molecule has 2 heterocycles. The number of thiophene rings is 1. The van der Waals surface area contributed by atoms with E-state index in [4.69, 9.17) is 10.7 Å². The first kappa shape index (κ1) is 18.8. The van der Waals surface area contributed by atoms with Gasteiger partial charge in [0.2, 0.25) is 5.91 Å². The van der Waals surface area contributed by atoms with Gasteiger partial charge in [-0.15, -0.1) is 11.3 Å². The number of nitrogens with one attached hydrogen (secondary N) is 1. The normalized spacial score (nSPS) is 10.6. The molecule has 3 N–H and O–H groups in total. The molecule has 4 aromatic rings. The van der Waals surface area contributed by atoms with Gasteiger partial charge in [-0.2, -0.15) is 0 Å². The first-order valence-electron chi connectivity index (χ1n) is 9.29. The molecule has 6 heteroatoms. The van der Waals surface area contributed by atoms with Crippen molar-refractivity contribution in [3.05, 3.63) is 83.9 Å². The Labute approximate surface area is 173 Å². The molecule has 144 valence electrons. The molecule has 5 nitrogen and oxygen atoms in total. The molecule has 0 spiro atoms. The summed E-state index contributed by atoms with van der Waals surface area (Å²) in [7, 11) is 0. The molecular weight excluding hydrogens is 380 g/mol. The molecule has 0 aliphatic carbocycles. The Morgan fingerprint density at radius 2 is 1.79 bits per heavy atom. The third kappa shape index (κ3) is 4.67. The van der Waals surface area contributed by atoms with E-state index >= 15 is 0 Å². The van der Waals surface area contributed by atoms with Crippen LogP contribution in [0.2, 0.25) is 0 Å². The molecule has 0 saturated heterocycles. The Morgan fingerprint density at radius 1 is 1.00 bits per heavy atom. The van der Waals surface area contributed by atoms with E-state index in [-0.39, 0.29) is 5.91 Å². The number of nitrogens with zero attached hydrogens (tertiary/aromatic N) is 2. The van der Waals surface area contributed by atoms with Gasteiger partial charge in [0.25, 0.3) is 0 Å². The number of amides is 1. The first-order valence-corrected chi connectivity index (χ1v) is 10.2. The first-order chi connectivity index (χ1) is 14.2. The van der Waals surface area contributed by atoms with Crippen molar-refractivity contribution in [1.29, 1.82) is 0 Å². The maximum atomic E-state index is 12.5. The Morgan fingerprint density at radius 3 is 2.52 bits per heavy atom. The Hall–Kier alpha value is -3.51. The number of nitrogen functional groups attached to an aromatic ring is 1. The van der Waals surface area contributed by atoms with E-state index in [1.807, 2.05) is 72.1 Å². The van der Waals surface area contributed by atoms with E-state index in [0.717, 1.165) is 21.7 Å². The van der Waals surface area contributed by atoms with Crippen LogP contribution in [0.4, 0.5) is 11.5 Å². The average Bonchev–Trinajstić information content (AvgIpc) is 3.29. The van der Waals surface area contributed by atoms with Gasteiger partial charge in [0.05, 0.1) is 16.8 Å². The van der Waals surface area contributed by atoms with Crippen molar-refractivity contribution < 1.29 is 4.79 Å². The molecule has 0 saturated carbocycles. The fraction of sp³-hybridized carbons (Fsp3) is 0.0870. The third-order valence-corrected chi connectivity index (χ3v) is 5.35. The lowest BCUT2D eigenvalue weighted by Crippen LogP contribution is -2.14. The van der Waals surface area contributed by atoms with Gasteiger partial charge in [-0.3, -0.25) is 4.79 Å². The van der Waals surface area contributed by atoms with Gasteiger partial charge in [-0.1, -0.05) is 48.5 Å². The summed E-state index contributed by atoms with van der Waals surface area (Å²) >= 11 is 1.56. The number of hydrogen-bond acceptors (Lipinski definition) is 5. The minimum absolute atomic E-state index is 0.0822. The zero-order chi connectivity index (χ0) is 20.1. The summed E-state index contributed by atoms with van der Waals surface area (Å²) in [6.45, 7) is 0. The number of aromatic nitrogens is 2. The van der Waals surface area contributed by atoms with Gasteiger partial charge in [0.1, 0.15) is 5.69 Å². The maximum Gasteiger partial charge on any atom is 0.225 e. The standard InChI is InChI=1S/C23H20N4OS/c24-18-11-9-17(10-12-18)19-15-25-23(22(26-19)20-7-4-14-29-20)27-21(28)13-8-16-5-2-1-3-6-16/h1-7,9-12,14-15H,8,13,24H2,(H,25,27,28). The summed E-state index contributed by atoms with van der Waals surface area (Å²) in [5.74, 6) is 0.394. The molecule has 1 amide bonds. The van der Waals surface area contributed by atoms with Gasteiger partial charge in [0, 0.05) is 17.7 Å². The zero-order valence-corrected chi connectivity index (χ0v) is 16.5. The molecule has 29 heavy (non-hydrogen) atoms. The molecule has 2 aromatic carbocycles. The van der Waals surface area contributed by atoms with Crippen molar-refractivity contribution in [3.8, 4) is 21.8 Å². The molecule has 2 aromatic heterocycles. The number of anilines is 2. The van der Waals surface area contributed by atoms with Crippen molar-refractivity contribution in [2.75, 3.05) is 11.1 Å². The second-order valence-corrected chi connectivity index (χ2v) is 7.53. The van der Waals surface area contributed by atoms with Crippen LogP contribution in [0.15, 0.2) is 78.3 Å². The van der Waals surface area contributed by atoms with E-state index in [9.17, 15) is 4.79 Å². The smallest absolute Gasteiger partial charge is 0.225 e. The molecule has 0 fully saturated rings. The number of aryl methyl sites for hydroxylation is 1. The highest BCUT2D eigenvalue weighted by Crippen LogP contribution is 2.31. The van der Waals surface area contributed by atoms with Gasteiger partial charge < -0.3 is 11.1 Å². The lowest BCUT2D eigenvalue weighted by atomic mass is 10.1.